The first kappa shape index (κ1) is 17.3. The third-order valence-corrected chi connectivity index (χ3v) is 5.11. The van der Waals surface area contributed by atoms with E-state index in [-0.39, 0.29) is 5.41 Å². The van der Waals surface area contributed by atoms with Gasteiger partial charge in [-0.3, -0.25) is 0 Å². The summed E-state index contributed by atoms with van der Waals surface area (Å²) in [5.41, 5.74) is 2.58. The van der Waals surface area contributed by atoms with E-state index in [1.54, 1.807) is 0 Å². The molecular weight excluding hydrogens is 320 g/mol. The number of aromatic nitrogens is 3. The fourth-order valence-corrected chi connectivity index (χ4v) is 3.18. The molecule has 0 bridgehead atoms. The molecule has 2 aromatic rings. The summed E-state index contributed by atoms with van der Waals surface area (Å²) >= 11 is 5.59. The molecule has 0 saturated carbocycles. The first-order chi connectivity index (χ1) is 11.4. The summed E-state index contributed by atoms with van der Waals surface area (Å²) in [5.74, 6) is 0.924. The summed E-state index contributed by atoms with van der Waals surface area (Å²) in [5, 5.41) is 4.78. The Bertz CT molecular complexity index is 749. The molecule has 1 aromatic heterocycles. The summed E-state index contributed by atoms with van der Waals surface area (Å²) in [6, 6.07) is 8.66. The van der Waals surface area contributed by atoms with Gasteiger partial charge in [0.15, 0.2) is 12.5 Å². The average Bonchev–Trinajstić information content (AvgIpc) is 2.84. The minimum Gasteiger partial charge on any atom is -0.370 e. The standard InChI is InChI=1S/C18H26N4OS/c1-18(2,3)15-7-5-14(6-8-15)16-19-22(17(24)20(16)4)13-21-9-11-23-12-10-21/h5-8H,9-13H2,1-4H3/p+1. The van der Waals surface area contributed by atoms with Gasteiger partial charge in [0.25, 0.3) is 0 Å². The Kier molecular flexibility index (Phi) is 4.90. The maximum absolute atomic E-state index is 5.59. The molecule has 0 unspecified atom stereocenters. The van der Waals surface area contributed by atoms with Crippen LogP contribution in [-0.4, -0.2) is 40.7 Å². The van der Waals surface area contributed by atoms with Crippen LogP contribution < -0.4 is 4.90 Å². The summed E-state index contributed by atoms with van der Waals surface area (Å²) in [6.45, 7) is 11.1. The summed E-state index contributed by atoms with van der Waals surface area (Å²) < 4.78 is 10.1. The quantitative estimate of drug-likeness (QED) is 0.860. The Balaban J connectivity index is 1.86. The van der Waals surface area contributed by atoms with Gasteiger partial charge in [0.2, 0.25) is 4.77 Å². The highest BCUT2D eigenvalue weighted by molar-refractivity contribution is 7.71. The molecule has 0 aliphatic carbocycles. The van der Waals surface area contributed by atoms with Gasteiger partial charge >= 0.3 is 0 Å². The second kappa shape index (κ2) is 6.78. The number of benzene rings is 1. The highest BCUT2D eigenvalue weighted by atomic mass is 32.1. The second-order valence-electron chi connectivity index (χ2n) is 7.51. The van der Waals surface area contributed by atoms with Crippen molar-refractivity contribution in [2.45, 2.75) is 32.9 Å². The molecule has 0 atom stereocenters. The van der Waals surface area contributed by atoms with E-state index >= 15 is 0 Å². The minimum absolute atomic E-state index is 0.156. The van der Waals surface area contributed by atoms with Crippen LogP contribution in [0.1, 0.15) is 26.3 Å². The van der Waals surface area contributed by atoms with Crippen LogP contribution in [-0.2, 0) is 23.9 Å². The van der Waals surface area contributed by atoms with E-state index in [0.717, 1.165) is 49.1 Å². The van der Waals surface area contributed by atoms with Gasteiger partial charge in [-0.05, 0) is 23.2 Å². The van der Waals surface area contributed by atoms with Crippen LogP contribution in [0.3, 0.4) is 0 Å². The number of ether oxygens (including phenoxy) is 1. The molecule has 1 saturated heterocycles. The Morgan fingerprint density at radius 1 is 1.17 bits per heavy atom. The molecule has 1 fully saturated rings. The Morgan fingerprint density at radius 3 is 2.38 bits per heavy atom. The number of nitrogens with one attached hydrogen (secondary N) is 1. The number of hydrogen-bond donors (Lipinski definition) is 1. The van der Waals surface area contributed by atoms with Crippen molar-refractivity contribution in [3.8, 4) is 11.4 Å². The van der Waals surface area contributed by atoms with Crippen molar-refractivity contribution in [2.75, 3.05) is 26.3 Å². The smallest absolute Gasteiger partial charge is 0.202 e. The highest BCUT2D eigenvalue weighted by Gasteiger charge is 2.18. The highest BCUT2D eigenvalue weighted by Crippen LogP contribution is 2.25. The van der Waals surface area contributed by atoms with Gasteiger partial charge in [0.05, 0.1) is 13.2 Å². The predicted molar refractivity (Wildman–Crippen MR) is 97.7 cm³/mol. The number of quaternary nitrogens is 1. The lowest BCUT2D eigenvalue weighted by molar-refractivity contribution is -0.930. The van der Waals surface area contributed by atoms with Crippen LogP contribution in [0, 0.1) is 4.77 Å². The van der Waals surface area contributed by atoms with Gasteiger partial charge in [-0.25, -0.2) is 0 Å². The molecule has 2 heterocycles. The third-order valence-electron chi connectivity index (χ3n) is 4.62. The lowest BCUT2D eigenvalue weighted by Crippen LogP contribution is -3.13. The lowest BCUT2D eigenvalue weighted by Gasteiger charge is -2.23. The number of nitrogens with zero attached hydrogens (tertiary/aromatic N) is 3. The molecule has 3 rings (SSSR count). The van der Waals surface area contributed by atoms with Crippen molar-refractivity contribution < 1.29 is 9.64 Å². The average molecular weight is 348 g/mol. The van der Waals surface area contributed by atoms with Crippen LogP contribution >= 0.6 is 12.2 Å². The van der Waals surface area contributed by atoms with Crippen LogP contribution in [0.5, 0.6) is 0 Å². The molecule has 0 radical (unpaired) electrons. The van der Waals surface area contributed by atoms with Crippen molar-refractivity contribution >= 4 is 12.2 Å². The van der Waals surface area contributed by atoms with E-state index in [1.807, 2.05) is 16.3 Å². The fraction of sp³-hybridized carbons (Fsp3) is 0.556. The Hall–Kier alpha value is -1.50. The zero-order valence-electron chi connectivity index (χ0n) is 15.0. The first-order valence-electron chi connectivity index (χ1n) is 8.52. The largest absolute Gasteiger partial charge is 0.370 e. The molecule has 0 spiro atoms. The zero-order valence-corrected chi connectivity index (χ0v) is 15.8. The number of morpholine rings is 1. The second-order valence-corrected chi connectivity index (χ2v) is 7.88. The van der Waals surface area contributed by atoms with Crippen LogP contribution in [0.25, 0.3) is 11.4 Å². The van der Waals surface area contributed by atoms with Gasteiger partial charge in [-0.2, -0.15) is 4.68 Å². The molecule has 24 heavy (non-hydrogen) atoms. The first-order valence-corrected chi connectivity index (χ1v) is 8.93. The maximum Gasteiger partial charge on any atom is 0.202 e. The molecule has 1 aromatic carbocycles. The van der Waals surface area contributed by atoms with Crippen molar-refractivity contribution in [1.82, 2.24) is 14.3 Å². The topological polar surface area (TPSA) is 36.4 Å². The van der Waals surface area contributed by atoms with E-state index in [4.69, 9.17) is 22.1 Å². The molecule has 1 N–H and O–H groups in total. The molecule has 6 heteroatoms. The third kappa shape index (κ3) is 3.61. The minimum atomic E-state index is 0.156. The monoisotopic (exact) mass is 347 g/mol. The van der Waals surface area contributed by atoms with E-state index < -0.39 is 0 Å². The summed E-state index contributed by atoms with van der Waals surface area (Å²) in [4.78, 5) is 1.46. The molecular formula is C18H27N4OS+. The summed E-state index contributed by atoms with van der Waals surface area (Å²) in [6.07, 6.45) is 0. The van der Waals surface area contributed by atoms with Gasteiger partial charge in [-0.15, -0.1) is 5.10 Å². The normalized spacial score (nSPS) is 16.5. The van der Waals surface area contributed by atoms with E-state index in [9.17, 15) is 0 Å². The van der Waals surface area contributed by atoms with Gasteiger partial charge < -0.3 is 14.2 Å². The zero-order chi connectivity index (χ0) is 17.3. The van der Waals surface area contributed by atoms with Gasteiger partial charge in [0, 0.05) is 12.6 Å². The van der Waals surface area contributed by atoms with Crippen molar-refractivity contribution in [3.63, 3.8) is 0 Å². The number of rotatable bonds is 3. The fourth-order valence-electron chi connectivity index (χ4n) is 2.99. The molecule has 1 aliphatic rings. The molecule has 1 aliphatic heterocycles. The maximum atomic E-state index is 5.59. The van der Waals surface area contributed by atoms with Crippen molar-refractivity contribution in [3.05, 3.63) is 34.6 Å². The molecule has 130 valence electrons. The van der Waals surface area contributed by atoms with E-state index in [2.05, 4.69) is 45.0 Å². The predicted octanol–water partition coefficient (Wildman–Crippen LogP) is 1.79. The SMILES string of the molecule is Cn1c(-c2ccc(C(C)(C)C)cc2)nn(C[NH+]2CCOCC2)c1=S. The van der Waals surface area contributed by atoms with Crippen molar-refractivity contribution in [2.24, 2.45) is 7.05 Å². The van der Waals surface area contributed by atoms with E-state index in [1.165, 1.54) is 10.5 Å². The number of hydrogen-bond acceptors (Lipinski definition) is 3. The van der Waals surface area contributed by atoms with E-state index in [0.29, 0.717) is 0 Å². The van der Waals surface area contributed by atoms with Crippen LogP contribution in [0.15, 0.2) is 24.3 Å². The molecule has 0 amide bonds. The van der Waals surface area contributed by atoms with Gasteiger partial charge in [0.1, 0.15) is 13.1 Å². The lowest BCUT2D eigenvalue weighted by atomic mass is 9.87. The van der Waals surface area contributed by atoms with Gasteiger partial charge in [-0.1, -0.05) is 45.0 Å². The molecule has 5 nitrogen and oxygen atoms in total. The van der Waals surface area contributed by atoms with Crippen molar-refractivity contribution in [1.29, 1.82) is 0 Å². The van der Waals surface area contributed by atoms with Crippen LogP contribution in [0.4, 0.5) is 0 Å². The Morgan fingerprint density at radius 2 is 1.79 bits per heavy atom. The summed E-state index contributed by atoms with van der Waals surface area (Å²) in [7, 11) is 1.99. The Labute approximate surface area is 148 Å². The van der Waals surface area contributed by atoms with Crippen LogP contribution in [0.2, 0.25) is 0 Å².